The van der Waals surface area contributed by atoms with Crippen LogP contribution in [0.25, 0.3) is 16.8 Å². The maximum absolute atomic E-state index is 12.6. The molecule has 0 amide bonds. The molecule has 0 radical (unpaired) electrons. The van der Waals surface area contributed by atoms with E-state index in [1.165, 1.54) is 0 Å². The fourth-order valence-corrected chi connectivity index (χ4v) is 3.69. The topological polar surface area (TPSA) is 26.3 Å². The van der Waals surface area contributed by atoms with Gasteiger partial charge in [-0.05, 0) is 41.0 Å². The smallest absolute Gasteiger partial charge is 0.155 e. The van der Waals surface area contributed by atoms with Crippen LogP contribution in [-0.4, -0.2) is 22.1 Å². The van der Waals surface area contributed by atoms with Crippen molar-refractivity contribution >= 4 is 39.2 Å². The van der Waals surface area contributed by atoms with Crippen molar-refractivity contribution in [1.82, 2.24) is 0 Å². The zero-order valence-corrected chi connectivity index (χ0v) is 12.5. The van der Waals surface area contributed by atoms with Gasteiger partial charge in [-0.1, -0.05) is 30.3 Å². The zero-order valence-electron chi connectivity index (χ0n) is 10.9. The summed E-state index contributed by atoms with van der Waals surface area (Å²) in [5, 5.41) is 2.27. The number of halogens is 1. The lowest BCUT2D eigenvalue weighted by Gasteiger charge is -2.20. The summed E-state index contributed by atoms with van der Waals surface area (Å²) in [5.41, 5.74) is 0.645. The molecule has 3 rings (SSSR count). The first-order chi connectivity index (χ1) is 9.79. The van der Waals surface area contributed by atoms with Crippen molar-refractivity contribution in [3.05, 3.63) is 48.0 Å². The summed E-state index contributed by atoms with van der Waals surface area (Å²) in [6, 6.07) is 12.2. The molecule has 20 heavy (non-hydrogen) atoms. The van der Waals surface area contributed by atoms with Crippen LogP contribution in [0.5, 0.6) is 0 Å². The number of rotatable bonds is 4. The van der Waals surface area contributed by atoms with E-state index in [0.29, 0.717) is 12.5 Å². The van der Waals surface area contributed by atoms with Crippen LogP contribution >= 0.6 is 11.6 Å². The summed E-state index contributed by atoms with van der Waals surface area (Å²) in [6.07, 6.45) is 4.64. The molecule has 0 aliphatic carbocycles. The van der Waals surface area contributed by atoms with E-state index in [0.717, 1.165) is 27.7 Å². The van der Waals surface area contributed by atoms with Crippen molar-refractivity contribution in [2.24, 2.45) is 0 Å². The average molecular weight is 307 g/mol. The van der Waals surface area contributed by atoms with Gasteiger partial charge in [-0.15, -0.1) is 11.6 Å². The van der Waals surface area contributed by atoms with Crippen molar-refractivity contribution < 1.29 is 8.95 Å². The number of hydrogen-bond acceptors (Lipinski definition) is 2. The first-order valence-electron chi connectivity index (χ1n) is 6.59. The Morgan fingerprint density at radius 1 is 1.20 bits per heavy atom. The fourth-order valence-electron chi connectivity index (χ4n) is 2.29. The third kappa shape index (κ3) is 2.66. The van der Waals surface area contributed by atoms with Crippen molar-refractivity contribution in [2.75, 3.05) is 12.5 Å². The van der Waals surface area contributed by atoms with Crippen LogP contribution in [0.4, 0.5) is 0 Å². The highest BCUT2D eigenvalue weighted by atomic mass is 35.5. The maximum Gasteiger partial charge on any atom is 0.155 e. The Bertz CT molecular complexity index is 681. The van der Waals surface area contributed by atoms with Gasteiger partial charge in [0.25, 0.3) is 0 Å². The van der Waals surface area contributed by atoms with E-state index in [4.69, 9.17) is 16.3 Å². The second-order valence-corrected chi connectivity index (χ2v) is 6.55. The Morgan fingerprint density at radius 2 is 1.95 bits per heavy atom. The molecule has 2 unspecified atom stereocenters. The maximum atomic E-state index is 12.6. The minimum atomic E-state index is -1.16. The van der Waals surface area contributed by atoms with Gasteiger partial charge < -0.3 is 4.74 Å². The number of benzene rings is 2. The molecule has 2 nitrogen and oxygen atoms in total. The van der Waals surface area contributed by atoms with Crippen LogP contribution in [0.3, 0.4) is 0 Å². The molecular weight excluding hydrogens is 292 g/mol. The van der Waals surface area contributed by atoms with Crippen molar-refractivity contribution in [2.45, 2.75) is 16.8 Å². The Morgan fingerprint density at radius 3 is 2.70 bits per heavy atom. The average Bonchev–Trinajstić information content (AvgIpc) is 2.48. The zero-order chi connectivity index (χ0) is 13.9. The van der Waals surface area contributed by atoms with E-state index in [1.807, 2.05) is 36.4 Å². The van der Waals surface area contributed by atoms with Gasteiger partial charge in [-0.3, -0.25) is 4.21 Å². The molecule has 0 saturated heterocycles. The van der Waals surface area contributed by atoms with Crippen LogP contribution < -0.4 is 0 Å². The predicted octanol–water partition coefficient (Wildman–Crippen LogP) is 3.95. The van der Waals surface area contributed by atoms with Gasteiger partial charge in [-0.2, -0.15) is 0 Å². The standard InChI is InChI=1S/C16H15ClO2S/c17-8-3-9-19-16-7-6-14-10-12-4-1-2-5-13(12)11-15(14)20(16)18/h1-2,4-7,10-11,16H,3,8-9H2. The number of fused-ring (bicyclic) bond motifs is 2. The molecule has 1 heterocycles. The van der Waals surface area contributed by atoms with E-state index in [9.17, 15) is 4.21 Å². The highest BCUT2D eigenvalue weighted by Crippen LogP contribution is 2.29. The lowest BCUT2D eigenvalue weighted by Crippen LogP contribution is -2.20. The van der Waals surface area contributed by atoms with Gasteiger partial charge in [0.05, 0.1) is 10.8 Å². The number of hydrogen-bond donors (Lipinski definition) is 0. The first kappa shape index (κ1) is 13.8. The lowest BCUT2D eigenvalue weighted by molar-refractivity contribution is 0.138. The third-order valence-corrected chi connectivity index (χ3v) is 5.07. The van der Waals surface area contributed by atoms with Gasteiger partial charge in [0.1, 0.15) is 0 Å². The van der Waals surface area contributed by atoms with E-state index in [2.05, 4.69) is 12.1 Å². The van der Waals surface area contributed by atoms with Gasteiger partial charge in [0.15, 0.2) is 5.44 Å². The summed E-state index contributed by atoms with van der Waals surface area (Å²) in [5.74, 6) is 0.560. The van der Waals surface area contributed by atoms with Crippen LogP contribution in [0.1, 0.15) is 12.0 Å². The first-order valence-corrected chi connectivity index (χ1v) is 8.33. The minimum absolute atomic E-state index is 0.369. The molecule has 4 heteroatoms. The summed E-state index contributed by atoms with van der Waals surface area (Å²) >= 11 is 5.63. The normalized spacial score (nSPS) is 21.1. The minimum Gasteiger partial charge on any atom is -0.360 e. The van der Waals surface area contributed by atoms with E-state index in [1.54, 1.807) is 0 Å². The van der Waals surface area contributed by atoms with Crippen molar-refractivity contribution in [1.29, 1.82) is 0 Å². The highest BCUT2D eigenvalue weighted by molar-refractivity contribution is 7.85. The molecule has 2 aromatic rings. The van der Waals surface area contributed by atoms with Crippen LogP contribution in [0, 0.1) is 0 Å². The molecule has 2 atom stereocenters. The Labute approximate surface area is 125 Å². The monoisotopic (exact) mass is 306 g/mol. The van der Waals surface area contributed by atoms with Crippen molar-refractivity contribution in [3.8, 4) is 0 Å². The Balaban J connectivity index is 1.92. The molecule has 0 N–H and O–H groups in total. The van der Waals surface area contributed by atoms with Crippen LogP contribution in [0.15, 0.2) is 47.4 Å². The molecule has 1 aliphatic heterocycles. The van der Waals surface area contributed by atoms with Gasteiger partial charge in [0, 0.05) is 17.4 Å². The van der Waals surface area contributed by atoms with Gasteiger partial charge >= 0.3 is 0 Å². The summed E-state index contributed by atoms with van der Waals surface area (Å²) in [7, 11) is -1.16. The summed E-state index contributed by atoms with van der Waals surface area (Å²) < 4.78 is 18.2. The molecule has 104 valence electrons. The second kappa shape index (κ2) is 6.08. The highest BCUT2D eigenvalue weighted by Gasteiger charge is 2.22. The second-order valence-electron chi connectivity index (χ2n) is 4.68. The molecule has 0 bridgehead atoms. The fraction of sp³-hybridized carbons (Fsp3) is 0.250. The lowest BCUT2D eigenvalue weighted by atomic mass is 10.1. The van der Waals surface area contributed by atoms with Gasteiger partial charge in [-0.25, -0.2) is 0 Å². The Hall–Kier alpha value is -1.16. The summed E-state index contributed by atoms with van der Waals surface area (Å²) in [6.45, 7) is 0.535. The largest absolute Gasteiger partial charge is 0.360 e. The quantitative estimate of drug-likeness (QED) is 0.631. The van der Waals surface area contributed by atoms with Gasteiger partial charge in [0.2, 0.25) is 0 Å². The third-order valence-electron chi connectivity index (χ3n) is 3.30. The predicted molar refractivity (Wildman–Crippen MR) is 84.5 cm³/mol. The van der Waals surface area contributed by atoms with E-state index in [-0.39, 0.29) is 5.44 Å². The molecule has 1 aliphatic rings. The number of ether oxygens (including phenoxy) is 1. The molecule has 0 fully saturated rings. The molecule has 0 saturated carbocycles. The molecule has 0 aromatic heterocycles. The van der Waals surface area contributed by atoms with Crippen LogP contribution in [-0.2, 0) is 15.5 Å². The Kier molecular flexibility index (Phi) is 4.20. The summed E-state index contributed by atoms with van der Waals surface area (Å²) in [4.78, 5) is 0.849. The van der Waals surface area contributed by atoms with Crippen molar-refractivity contribution in [3.63, 3.8) is 0 Å². The number of alkyl halides is 1. The van der Waals surface area contributed by atoms with E-state index < -0.39 is 10.8 Å². The molecular formula is C16H15ClO2S. The van der Waals surface area contributed by atoms with Crippen LogP contribution in [0.2, 0.25) is 0 Å². The SMILES string of the molecule is O=S1c2cc3ccccc3cc2C=CC1OCCCCl. The molecule has 0 spiro atoms. The molecule has 2 aromatic carbocycles. The van der Waals surface area contributed by atoms with E-state index >= 15 is 0 Å².